The summed E-state index contributed by atoms with van der Waals surface area (Å²) in [7, 11) is 1.52. The maximum Gasteiger partial charge on any atom is 0.316 e. The van der Waals surface area contributed by atoms with Crippen LogP contribution < -0.4 is 5.32 Å². The SMILES string of the molecule is CNC(=O)C1CCCN1C(=O)C(C(=O)O)C(C)(C)C. The van der Waals surface area contributed by atoms with Crippen molar-refractivity contribution in [1.82, 2.24) is 10.2 Å². The third-order valence-corrected chi connectivity index (χ3v) is 3.44. The molecule has 0 radical (unpaired) electrons. The van der Waals surface area contributed by atoms with Crippen molar-refractivity contribution in [3.05, 3.63) is 0 Å². The van der Waals surface area contributed by atoms with Gasteiger partial charge >= 0.3 is 5.97 Å². The molecule has 1 saturated heterocycles. The van der Waals surface area contributed by atoms with Crippen LogP contribution in [0.4, 0.5) is 0 Å². The Bertz CT molecular complexity index is 387. The van der Waals surface area contributed by atoms with E-state index in [9.17, 15) is 19.5 Å². The first-order valence-electron chi connectivity index (χ1n) is 6.45. The van der Waals surface area contributed by atoms with E-state index in [1.54, 1.807) is 20.8 Å². The van der Waals surface area contributed by atoms with Gasteiger partial charge in [-0.3, -0.25) is 14.4 Å². The highest BCUT2D eigenvalue weighted by Crippen LogP contribution is 2.30. The van der Waals surface area contributed by atoms with Crippen molar-refractivity contribution in [2.75, 3.05) is 13.6 Å². The fourth-order valence-electron chi connectivity index (χ4n) is 2.48. The number of likely N-dealkylation sites (N-methyl/N-ethyl adjacent to an activating group) is 1. The molecule has 0 saturated carbocycles. The van der Waals surface area contributed by atoms with Crippen LogP contribution in [0.2, 0.25) is 0 Å². The molecule has 2 unspecified atom stereocenters. The Balaban J connectivity index is 2.97. The van der Waals surface area contributed by atoms with Crippen molar-refractivity contribution in [3.8, 4) is 0 Å². The highest BCUT2D eigenvalue weighted by Gasteiger charge is 2.44. The van der Waals surface area contributed by atoms with Gasteiger partial charge in [0.2, 0.25) is 11.8 Å². The van der Waals surface area contributed by atoms with E-state index in [0.717, 1.165) is 6.42 Å². The molecule has 0 spiro atoms. The minimum absolute atomic E-state index is 0.233. The average Bonchev–Trinajstić information content (AvgIpc) is 2.74. The highest BCUT2D eigenvalue weighted by molar-refractivity contribution is 6.00. The van der Waals surface area contributed by atoms with Gasteiger partial charge in [-0.25, -0.2) is 0 Å². The molecule has 19 heavy (non-hydrogen) atoms. The van der Waals surface area contributed by atoms with Crippen LogP contribution in [0.15, 0.2) is 0 Å². The van der Waals surface area contributed by atoms with Gasteiger partial charge < -0.3 is 15.3 Å². The topological polar surface area (TPSA) is 86.7 Å². The first kappa shape index (κ1) is 15.5. The normalized spacial score (nSPS) is 21.1. The number of amides is 2. The summed E-state index contributed by atoms with van der Waals surface area (Å²) < 4.78 is 0. The van der Waals surface area contributed by atoms with Gasteiger partial charge in [0.1, 0.15) is 12.0 Å². The van der Waals surface area contributed by atoms with Gasteiger partial charge in [0.25, 0.3) is 0 Å². The molecule has 6 heteroatoms. The number of likely N-dealkylation sites (tertiary alicyclic amines) is 1. The second-order valence-electron chi connectivity index (χ2n) is 5.94. The molecule has 0 aliphatic carbocycles. The van der Waals surface area contributed by atoms with Gasteiger partial charge in [0.15, 0.2) is 0 Å². The zero-order valence-electron chi connectivity index (χ0n) is 11.9. The quantitative estimate of drug-likeness (QED) is 0.730. The molecule has 2 N–H and O–H groups in total. The van der Waals surface area contributed by atoms with Gasteiger partial charge in [-0.15, -0.1) is 0 Å². The Morgan fingerprint density at radius 1 is 1.32 bits per heavy atom. The van der Waals surface area contributed by atoms with Gasteiger partial charge in [0.05, 0.1) is 0 Å². The van der Waals surface area contributed by atoms with Crippen LogP contribution in [0.1, 0.15) is 33.6 Å². The van der Waals surface area contributed by atoms with Crippen LogP contribution in [0.5, 0.6) is 0 Å². The van der Waals surface area contributed by atoms with Crippen LogP contribution >= 0.6 is 0 Å². The van der Waals surface area contributed by atoms with Crippen molar-refractivity contribution in [2.24, 2.45) is 11.3 Å². The first-order valence-corrected chi connectivity index (χ1v) is 6.45. The fourth-order valence-corrected chi connectivity index (χ4v) is 2.48. The molecule has 1 fully saturated rings. The second kappa shape index (κ2) is 5.59. The number of carboxylic acids is 1. The smallest absolute Gasteiger partial charge is 0.316 e. The Kier molecular flexibility index (Phi) is 4.55. The zero-order chi connectivity index (χ0) is 14.8. The van der Waals surface area contributed by atoms with Crippen molar-refractivity contribution >= 4 is 17.8 Å². The van der Waals surface area contributed by atoms with E-state index in [1.165, 1.54) is 11.9 Å². The van der Waals surface area contributed by atoms with Gasteiger partial charge in [-0.2, -0.15) is 0 Å². The molecular weight excluding hydrogens is 248 g/mol. The number of nitrogens with zero attached hydrogens (tertiary/aromatic N) is 1. The van der Waals surface area contributed by atoms with E-state index in [0.29, 0.717) is 13.0 Å². The Labute approximate surface area is 113 Å². The standard InChI is InChI=1S/C13H22N2O4/c1-13(2,3)9(12(18)19)11(17)15-7-5-6-8(15)10(16)14-4/h8-9H,5-7H2,1-4H3,(H,14,16)(H,18,19). The minimum atomic E-state index is -1.14. The summed E-state index contributed by atoms with van der Waals surface area (Å²) in [5.74, 6) is -2.96. The van der Waals surface area contributed by atoms with E-state index in [4.69, 9.17) is 0 Å². The largest absolute Gasteiger partial charge is 0.481 e. The lowest BCUT2D eigenvalue weighted by molar-refractivity contribution is -0.158. The maximum absolute atomic E-state index is 12.4. The van der Waals surface area contributed by atoms with Crippen molar-refractivity contribution in [3.63, 3.8) is 0 Å². The van der Waals surface area contributed by atoms with Crippen molar-refractivity contribution < 1.29 is 19.5 Å². The van der Waals surface area contributed by atoms with Crippen LogP contribution in [-0.2, 0) is 14.4 Å². The van der Waals surface area contributed by atoms with Gasteiger partial charge in [0, 0.05) is 13.6 Å². The molecule has 0 aromatic carbocycles. The number of rotatable bonds is 3. The molecule has 1 aliphatic heterocycles. The lowest BCUT2D eigenvalue weighted by atomic mass is 9.79. The van der Waals surface area contributed by atoms with Crippen molar-refractivity contribution in [2.45, 2.75) is 39.7 Å². The van der Waals surface area contributed by atoms with Crippen LogP contribution in [0, 0.1) is 11.3 Å². The molecule has 2 amide bonds. The summed E-state index contributed by atoms with van der Waals surface area (Å²) in [4.78, 5) is 36.9. The molecule has 2 atom stereocenters. The molecular formula is C13H22N2O4. The summed E-state index contributed by atoms with van der Waals surface area (Å²) in [6.45, 7) is 5.59. The Morgan fingerprint density at radius 2 is 1.89 bits per heavy atom. The molecule has 108 valence electrons. The summed E-state index contributed by atoms with van der Waals surface area (Å²) in [6.07, 6.45) is 1.31. The van der Waals surface area contributed by atoms with Crippen LogP contribution in [-0.4, -0.2) is 47.4 Å². The van der Waals surface area contributed by atoms with Crippen LogP contribution in [0.25, 0.3) is 0 Å². The molecule has 1 aliphatic rings. The third kappa shape index (κ3) is 3.24. The van der Waals surface area contributed by atoms with E-state index in [1.807, 2.05) is 0 Å². The van der Waals surface area contributed by atoms with Gasteiger partial charge in [-0.05, 0) is 18.3 Å². The number of aliphatic carboxylic acids is 1. The average molecular weight is 270 g/mol. The predicted molar refractivity (Wildman–Crippen MR) is 69.4 cm³/mol. The number of nitrogens with one attached hydrogen (secondary N) is 1. The van der Waals surface area contributed by atoms with E-state index >= 15 is 0 Å². The van der Waals surface area contributed by atoms with E-state index < -0.39 is 29.3 Å². The van der Waals surface area contributed by atoms with E-state index in [2.05, 4.69) is 5.32 Å². The Hall–Kier alpha value is -1.59. The molecule has 6 nitrogen and oxygen atoms in total. The number of hydrogen-bond acceptors (Lipinski definition) is 3. The number of hydrogen-bond donors (Lipinski definition) is 2. The summed E-state index contributed by atoms with van der Waals surface area (Å²) in [5.41, 5.74) is -0.682. The summed E-state index contributed by atoms with van der Waals surface area (Å²) in [6, 6.07) is -0.540. The number of carbonyl (C=O) groups is 3. The predicted octanol–water partition coefficient (Wildman–Crippen LogP) is 0.470. The lowest BCUT2D eigenvalue weighted by Gasteiger charge is -2.32. The molecule has 0 bridgehead atoms. The number of carboxylic acid groups (broad SMARTS) is 1. The molecule has 0 aromatic rings. The Morgan fingerprint density at radius 3 is 2.32 bits per heavy atom. The zero-order valence-corrected chi connectivity index (χ0v) is 11.9. The van der Waals surface area contributed by atoms with Crippen LogP contribution in [0.3, 0.4) is 0 Å². The maximum atomic E-state index is 12.4. The molecule has 1 rings (SSSR count). The number of carbonyl (C=O) groups excluding carboxylic acids is 2. The monoisotopic (exact) mass is 270 g/mol. The minimum Gasteiger partial charge on any atom is -0.481 e. The second-order valence-corrected chi connectivity index (χ2v) is 5.94. The molecule has 0 aromatic heterocycles. The van der Waals surface area contributed by atoms with Crippen molar-refractivity contribution in [1.29, 1.82) is 0 Å². The van der Waals surface area contributed by atoms with E-state index in [-0.39, 0.29) is 5.91 Å². The van der Waals surface area contributed by atoms with Gasteiger partial charge in [-0.1, -0.05) is 20.8 Å². The summed E-state index contributed by atoms with van der Waals surface area (Å²) >= 11 is 0. The third-order valence-electron chi connectivity index (χ3n) is 3.44. The summed E-state index contributed by atoms with van der Waals surface area (Å²) in [5, 5.41) is 11.8. The lowest BCUT2D eigenvalue weighted by Crippen LogP contribution is -2.51. The highest BCUT2D eigenvalue weighted by atomic mass is 16.4. The molecule has 1 heterocycles. The fraction of sp³-hybridized carbons (Fsp3) is 0.769. The first-order chi connectivity index (χ1) is 8.70.